The molecule has 0 radical (unpaired) electrons. The Balaban J connectivity index is 0.000000532. The maximum absolute atomic E-state index is 12.8. The first-order chi connectivity index (χ1) is 18.4. The molecule has 4 rings (SSSR count). The number of carbonyl (C=O) groups excluding carboxylic acids is 1. The van der Waals surface area contributed by atoms with E-state index in [-0.39, 0.29) is 17.5 Å². The zero-order chi connectivity index (χ0) is 28.8. The van der Waals surface area contributed by atoms with Crippen LogP contribution in [0.4, 0.5) is 23.7 Å². The molecule has 11 heteroatoms. The summed E-state index contributed by atoms with van der Waals surface area (Å²) < 4.78 is 42.8. The quantitative estimate of drug-likeness (QED) is 0.456. The van der Waals surface area contributed by atoms with Crippen molar-refractivity contribution in [2.24, 2.45) is 0 Å². The van der Waals surface area contributed by atoms with Gasteiger partial charge < -0.3 is 30.1 Å². The van der Waals surface area contributed by atoms with Gasteiger partial charge in [0.25, 0.3) is 0 Å². The molecule has 3 unspecified atom stereocenters. The van der Waals surface area contributed by atoms with Gasteiger partial charge in [0.15, 0.2) is 11.5 Å². The molecule has 1 heterocycles. The smallest absolute Gasteiger partial charge is 0.490 e. The highest BCUT2D eigenvalue weighted by Gasteiger charge is 2.50. The third-order valence-corrected chi connectivity index (χ3v) is 7.71. The van der Waals surface area contributed by atoms with E-state index in [1.54, 1.807) is 14.2 Å². The lowest BCUT2D eigenvalue weighted by atomic mass is 9.65. The van der Waals surface area contributed by atoms with Crippen LogP contribution in [0.3, 0.4) is 0 Å². The van der Waals surface area contributed by atoms with Crippen molar-refractivity contribution in [1.29, 1.82) is 0 Å². The Morgan fingerprint density at radius 1 is 1.10 bits per heavy atom. The number of rotatable bonds is 6. The van der Waals surface area contributed by atoms with Crippen LogP contribution in [0, 0.1) is 0 Å². The first kappa shape index (κ1) is 30.1. The fourth-order valence-electron chi connectivity index (χ4n) is 5.69. The Morgan fingerprint density at radius 3 is 2.38 bits per heavy atom. The zero-order valence-electron chi connectivity index (χ0n) is 22.6. The summed E-state index contributed by atoms with van der Waals surface area (Å²) in [6.07, 6.45) is -0.143. The molecule has 1 aliphatic heterocycles. The summed E-state index contributed by atoms with van der Waals surface area (Å²) >= 11 is 0. The number of likely N-dealkylation sites (tertiary alicyclic amines) is 1. The predicted octanol–water partition coefficient (Wildman–Crippen LogP) is 5.22. The number of hydrogen-bond donors (Lipinski definition) is 3. The van der Waals surface area contributed by atoms with Crippen LogP contribution in [-0.2, 0) is 16.6 Å². The largest absolute Gasteiger partial charge is 0.493 e. The molecule has 3 N–H and O–H groups in total. The molecule has 1 saturated carbocycles. The van der Waals surface area contributed by atoms with Gasteiger partial charge in [0.05, 0.1) is 14.2 Å². The van der Waals surface area contributed by atoms with Crippen LogP contribution in [-0.4, -0.2) is 68.1 Å². The zero-order valence-corrected chi connectivity index (χ0v) is 22.6. The Bertz CT molecular complexity index is 1160. The summed E-state index contributed by atoms with van der Waals surface area (Å²) in [7, 11) is 5.56. The van der Waals surface area contributed by atoms with Crippen LogP contribution < -0.4 is 20.1 Å². The van der Waals surface area contributed by atoms with Gasteiger partial charge in [-0.05, 0) is 75.0 Å². The Labute approximate surface area is 226 Å². The minimum absolute atomic E-state index is 0.0811. The van der Waals surface area contributed by atoms with E-state index >= 15 is 0 Å². The van der Waals surface area contributed by atoms with Crippen molar-refractivity contribution in [2.45, 2.75) is 62.7 Å². The number of anilines is 1. The molecule has 2 aromatic carbocycles. The molecule has 2 amide bonds. The second-order valence-corrected chi connectivity index (χ2v) is 9.86. The SMILES string of the molecule is CCc1ccccc1NC(=O)NC1CCC2(c3ccc(OC)c(OC)c3)CCN(C)C2C1.O=C(O)C(F)(F)F. The number of aryl methyl sites for hydroxylation is 1. The van der Waals surface area contributed by atoms with Crippen molar-refractivity contribution in [1.82, 2.24) is 10.2 Å². The maximum atomic E-state index is 12.8. The van der Waals surface area contributed by atoms with Crippen LogP contribution in [0.5, 0.6) is 11.5 Å². The molecule has 39 heavy (non-hydrogen) atoms. The molecular weight excluding hydrogens is 515 g/mol. The van der Waals surface area contributed by atoms with Crippen molar-refractivity contribution in [3.63, 3.8) is 0 Å². The molecule has 214 valence electrons. The molecule has 3 atom stereocenters. The topological polar surface area (TPSA) is 100 Å². The number of nitrogens with one attached hydrogen (secondary N) is 2. The van der Waals surface area contributed by atoms with E-state index in [1.165, 1.54) is 5.56 Å². The van der Waals surface area contributed by atoms with Crippen molar-refractivity contribution in [2.75, 3.05) is 33.1 Å². The first-order valence-electron chi connectivity index (χ1n) is 12.8. The van der Waals surface area contributed by atoms with Crippen molar-refractivity contribution in [3.05, 3.63) is 53.6 Å². The monoisotopic (exact) mass is 551 g/mol. The summed E-state index contributed by atoms with van der Waals surface area (Å²) in [6, 6.07) is 14.8. The predicted molar refractivity (Wildman–Crippen MR) is 142 cm³/mol. The number of fused-ring (bicyclic) bond motifs is 1. The van der Waals surface area contributed by atoms with Gasteiger partial charge in [0, 0.05) is 23.2 Å². The maximum Gasteiger partial charge on any atom is 0.490 e. The number of hydrogen-bond acceptors (Lipinski definition) is 5. The molecule has 2 fully saturated rings. The minimum Gasteiger partial charge on any atom is -0.493 e. The van der Waals surface area contributed by atoms with Gasteiger partial charge in [0.2, 0.25) is 0 Å². The number of methoxy groups -OCH3 is 2. The van der Waals surface area contributed by atoms with Crippen LogP contribution in [0.1, 0.15) is 43.7 Å². The highest BCUT2D eigenvalue weighted by atomic mass is 19.4. The summed E-state index contributed by atoms with van der Waals surface area (Å²) in [5, 5.41) is 13.4. The Hall–Kier alpha value is -3.47. The number of carboxylic acid groups (broad SMARTS) is 1. The number of carbonyl (C=O) groups is 2. The van der Waals surface area contributed by atoms with Gasteiger partial charge in [-0.2, -0.15) is 13.2 Å². The van der Waals surface area contributed by atoms with Crippen molar-refractivity contribution in [3.8, 4) is 11.5 Å². The highest BCUT2D eigenvalue weighted by Crippen LogP contribution is 2.49. The average Bonchev–Trinajstić information content (AvgIpc) is 3.25. The van der Waals surface area contributed by atoms with Crippen molar-refractivity contribution >= 4 is 17.7 Å². The molecule has 0 aromatic heterocycles. The number of para-hydroxylation sites is 1. The van der Waals surface area contributed by atoms with Gasteiger partial charge in [-0.15, -0.1) is 0 Å². The standard InChI is InChI=1S/C26H35N3O3.C2HF3O2/c1-5-18-8-6-7-9-21(18)28-25(30)27-20-12-13-26(14-15-29(2)24(26)17-20)19-10-11-22(31-3)23(16-19)32-4;3-2(4,5)1(6)7/h6-11,16,20,24H,5,12-15,17H2,1-4H3,(H2,27,28,30);(H,6,7). The van der Waals surface area contributed by atoms with E-state index in [0.29, 0.717) is 6.04 Å². The lowest BCUT2D eigenvalue weighted by molar-refractivity contribution is -0.192. The molecule has 1 aliphatic carbocycles. The Kier molecular flexibility index (Phi) is 9.71. The number of urea groups is 1. The van der Waals surface area contributed by atoms with Gasteiger partial charge in [-0.1, -0.05) is 31.2 Å². The molecule has 8 nitrogen and oxygen atoms in total. The van der Waals surface area contributed by atoms with Crippen molar-refractivity contribution < 1.29 is 37.3 Å². The summed E-state index contributed by atoms with van der Waals surface area (Å²) in [5.41, 5.74) is 3.43. The van der Waals surface area contributed by atoms with Gasteiger partial charge >= 0.3 is 18.2 Å². The van der Waals surface area contributed by atoms with E-state index in [9.17, 15) is 18.0 Å². The van der Waals surface area contributed by atoms with Crippen LogP contribution in [0.2, 0.25) is 0 Å². The lowest BCUT2D eigenvalue weighted by Gasteiger charge is -2.45. The number of aliphatic carboxylic acids is 1. The number of carboxylic acids is 1. The number of ether oxygens (including phenoxy) is 2. The molecule has 2 aromatic rings. The second kappa shape index (κ2) is 12.6. The number of alkyl halides is 3. The number of nitrogens with zero attached hydrogens (tertiary/aromatic N) is 1. The van der Waals surface area contributed by atoms with Gasteiger partial charge in [-0.3, -0.25) is 0 Å². The third-order valence-electron chi connectivity index (χ3n) is 7.71. The summed E-state index contributed by atoms with van der Waals surface area (Å²) in [4.78, 5) is 24.1. The summed E-state index contributed by atoms with van der Waals surface area (Å²) in [5.74, 6) is -1.22. The average molecular weight is 552 g/mol. The van der Waals surface area contributed by atoms with Gasteiger partial charge in [0.1, 0.15) is 0 Å². The molecular formula is C28H36F3N3O5. The summed E-state index contributed by atoms with van der Waals surface area (Å²) in [6.45, 7) is 3.16. The van der Waals surface area contributed by atoms with Crippen LogP contribution in [0.15, 0.2) is 42.5 Å². The third kappa shape index (κ3) is 6.95. The fraction of sp³-hybridized carbons (Fsp3) is 0.500. The Morgan fingerprint density at radius 2 is 1.77 bits per heavy atom. The highest BCUT2D eigenvalue weighted by molar-refractivity contribution is 5.90. The fourth-order valence-corrected chi connectivity index (χ4v) is 5.69. The normalized spacial score (nSPS) is 22.6. The molecule has 0 bridgehead atoms. The number of benzene rings is 2. The van der Waals surface area contributed by atoms with E-state index < -0.39 is 12.1 Å². The molecule has 1 saturated heterocycles. The lowest BCUT2D eigenvalue weighted by Crippen LogP contribution is -2.52. The van der Waals surface area contributed by atoms with E-state index in [1.807, 2.05) is 24.3 Å². The number of halogens is 3. The van der Waals surface area contributed by atoms with Crippen LogP contribution in [0.25, 0.3) is 0 Å². The first-order valence-corrected chi connectivity index (χ1v) is 12.8. The number of amides is 2. The van der Waals surface area contributed by atoms with E-state index in [0.717, 1.165) is 61.4 Å². The minimum atomic E-state index is -5.08. The second-order valence-electron chi connectivity index (χ2n) is 9.86. The van der Waals surface area contributed by atoms with Crippen LogP contribution >= 0.6 is 0 Å². The van der Waals surface area contributed by atoms with E-state index in [2.05, 4.69) is 47.7 Å². The van der Waals surface area contributed by atoms with E-state index in [4.69, 9.17) is 19.4 Å². The molecule has 0 spiro atoms. The molecule has 2 aliphatic rings. The number of likely N-dealkylation sites (N-methyl/N-ethyl adjacent to an activating group) is 1. The van der Waals surface area contributed by atoms with Gasteiger partial charge in [-0.25, -0.2) is 9.59 Å².